The van der Waals surface area contributed by atoms with Gasteiger partial charge in [0.15, 0.2) is 0 Å². The van der Waals surface area contributed by atoms with E-state index in [2.05, 4.69) is 9.72 Å². The summed E-state index contributed by atoms with van der Waals surface area (Å²) in [5.41, 5.74) is 1.68. The lowest BCUT2D eigenvalue weighted by Gasteiger charge is -2.13. The van der Waals surface area contributed by atoms with Crippen molar-refractivity contribution in [3.05, 3.63) is 77.4 Å². The van der Waals surface area contributed by atoms with E-state index in [1.54, 1.807) is 18.2 Å². The standard InChI is InChI=1S/C19H13ClF3NO2/c20-17-10-9-16(25-12-13-5-2-1-3-6-13)18(24-17)14-7-4-8-15(11-14)26-19(21,22)23/h1-11H,12H2. The molecule has 3 nitrogen and oxygen atoms in total. The van der Waals surface area contributed by atoms with Gasteiger partial charge in [-0.1, -0.05) is 54.1 Å². The molecule has 0 unspecified atom stereocenters. The van der Waals surface area contributed by atoms with Crippen LogP contribution in [0.5, 0.6) is 11.5 Å². The minimum atomic E-state index is -4.77. The van der Waals surface area contributed by atoms with Crippen LogP contribution in [-0.2, 0) is 6.61 Å². The fourth-order valence-electron chi connectivity index (χ4n) is 2.32. The Balaban J connectivity index is 1.89. The first kappa shape index (κ1) is 18.1. The van der Waals surface area contributed by atoms with Crippen LogP contribution in [-0.4, -0.2) is 11.3 Å². The third kappa shape index (κ3) is 4.89. The summed E-state index contributed by atoms with van der Waals surface area (Å²) in [7, 11) is 0. The molecule has 26 heavy (non-hydrogen) atoms. The molecule has 0 spiro atoms. The van der Waals surface area contributed by atoms with E-state index in [1.165, 1.54) is 18.2 Å². The fraction of sp³-hybridized carbons (Fsp3) is 0.105. The van der Waals surface area contributed by atoms with E-state index in [0.29, 0.717) is 17.0 Å². The van der Waals surface area contributed by atoms with E-state index in [-0.39, 0.29) is 17.5 Å². The summed E-state index contributed by atoms with van der Waals surface area (Å²) < 4.78 is 47.1. The number of alkyl halides is 3. The Hall–Kier alpha value is -2.73. The maximum Gasteiger partial charge on any atom is 0.573 e. The van der Waals surface area contributed by atoms with Gasteiger partial charge < -0.3 is 9.47 Å². The van der Waals surface area contributed by atoms with Crippen molar-refractivity contribution in [2.45, 2.75) is 13.0 Å². The van der Waals surface area contributed by atoms with E-state index in [0.717, 1.165) is 5.56 Å². The van der Waals surface area contributed by atoms with Gasteiger partial charge in [-0.05, 0) is 29.8 Å². The van der Waals surface area contributed by atoms with Gasteiger partial charge in [0.1, 0.15) is 29.0 Å². The van der Waals surface area contributed by atoms with Gasteiger partial charge in [-0.2, -0.15) is 0 Å². The molecule has 0 aliphatic rings. The van der Waals surface area contributed by atoms with Crippen molar-refractivity contribution in [1.29, 1.82) is 0 Å². The zero-order chi connectivity index (χ0) is 18.6. The monoisotopic (exact) mass is 379 g/mol. The summed E-state index contributed by atoms with van der Waals surface area (Å²) in [6.07, 6.45) is -4.77. The highest BCUT2D eigenvalue weighted by Crippen LogP contribution is 2.33. The normalized spacial score (nSPS) is 11.2. The van der Waals surface area contributed by atoms with Gasteiger partial charge in [0, 0.05) is 5.56 Å². The number of nitrogens with zero attached hydrogens (tertiary/aromatic N) is 1. The molecule has 0 aliphatic carbocycles. The lowest BCUT2D eigenvalue weighted by Crippen LogP contribution is -2.17. The van der Waals surface area contributed by atoms with Crippen LogP contribution in [0.4, 0.5) is 13.2 Å². The molecule has 0 radical (unpaired) electrons. The Morgan fingerprint density at radius 2 is 1.69 bits per heavy atom. The number of pyridine rings is 1. The number of rotatable bonds is 5. The highest BCUT2D eigenvalue weighted by Gasteiger charge is 2.31. The first-order valence-corrected chi connectivity index (χ1v) is 7.98. The molecule has 0 aliphatic heterocycles. The highest BCUT2D eigenvalue weighted by molar-refractivity contribution is 6.29. The molecule has 2 aromatic carbocycles. The van der Waals surface area contributed by atoms with E-state index in [4.69, 9.17) is 16.3 Å². The number of ether oxygens (including phenoxy) is 2. The Labute approximate surface area is 153 Å². The average Bonchev–Trinajstić information content (AvgIpc) is 2.60. The third-order valence-corrected chi connectivity index (χ3v) is 3.61. The quantitative estimate of drug-likeness (QED) is 0.519. The van der Waals surface area contributed by atoms with Crippen LogP contribution >= 0.6 is 11.6 Å². The average molecular weight is 380 g/mol. The van der Waals surface area contributed by atoms with Crippen molar-refractivity contribution >= 4 is 11.6 Å². The lowest BCUT2D eigenvalue weighted by molar-refractivity contribution is -0.274. The first-order valence-electron chi connectivity index (χ1n) is 7.60. The van der Waals surface area contributed by atoms with Crippen molar-refractivity contribution in [2.75, 3.05) is 0 Å². The molecule has 1 heterocycles. The summed E-state index contributed by atoms with van der Waals surface area (Å²) in [5.74, 6) is 0.0631. The molecule has 7 heteroatoms. The van der Waals surface area contributed by atoms with Crippen molar-refractivity contribution in [3.8, 4) is 22.8 Å². The minimum Gasteiger partial charge on any atom is -0.487 e. The second-order valence-corrected chi connectivity index (χ2v) is 5.72. The summed E-state index contributed by atoms with van der Waals surface area (Å²) in [6, 6.07) is 18.2. The molecule has 3 aromatic rings. The zero-order valence-electron chi connectivity index (χ0n) is 13.3. The molecule has 134 valence electrons. The Kier molecular flexibility index (Phi) is 5.32. The van der Waals surface area contributed by atoms with Crippen LogP contribution in [0.3, 0.4) is 0 Å². The van der Waals surface area contributed by atoms with E-state index in [1.807, 2.05) is 30.3 Å². The molecule has 0 fully saturated rings. The zero-order valence-corrected chi connectivity index (χ0v) is 14.1. The van der Waals surface area contributed by atoms with Crippen molar-refractivity contribution in [3.63, 3.8) is 0 Å². The van der Waals surface area contributed by atoms with Gasteiger partial charge in [0.05, 0.1) is 0 Å². The van der Waals surface area contributed by atoms with Gasteiger partial charge in [0.25, 0.3) is 0 Å². The molecule has 0 amide bonds. The molecular weight excluding hydrogens is 367 g/mol. The van der Waals surface area contributed by atoms with Gasteiger partial charge in [0.2, 0.25) is 0 Å². The number of hydrogen-bond donors (Lipinski definition) is 0. The van der Waals surface area contributed by atoms with Gasteiger partial charge in [-0.25, -0.2) is 4.98 Å². The van der Waals surface area contributed by atoms with Gasteiger partial charge >= 0.3 is 6.36 Å². The third-order valence-electron chi connectivity index (χ3n) is 3.40. The topological polar surface area (TPSA) is 31.4 Å². The van der Waals surface area contributed by atoms with Crippen LogP contribution in [0, 0.1) is 0 Å². The Morgan fingerprint density at radius 1 is 0.923 bits per heavy atom. The van der Waals surface area contributed by atoms with Crippen molar-refractivity contribution in [1.82, 2.24) is 4.98 Å². The largest absolute Gasteiger partial charge is 0.573 e. The summed E-state index contributed by atoms with van der Waals surface area (Å²) in [4.78, 5) is 4.20. The molecule has 0 saturated heterocycles. The second kappa shape index (κ2) is 7.66. The van der Waals surface area contributed by atoms with Gasteiger partial charge in [-0.3, -0.25) is 0 Å². The van der Waals surface area contributed by atoms with E-state index >= 15 is 0 Å². The maximum absolute atomic E-state index is 12.4. The lowest BCUT2D eigenvalue weighted by atomic mass is 10.1. The van der Waals surface area contributed by atoms with Crippen LogP contribution in [0.15, 0.2) is 66.7 Å². The second-order valence-electron chi connectivity index (χ2n) is 5.33. The summed E-state index contributed by atoms with van der Waals surface area (Å²) >= 11 is 5.95. The minimum absolute atomic E-state index is 0.203. The molecular formula is C19H13ClF3NO2. The number of benzene rings is 2. The first-order chi connectivity index (χ1) is 12.4. The van der Waals surface area contributed by atoms with Crippen LogP contribution in [0.2, 0.25) is 5.15 Å². The summed E-state index contributed by atoms with van der Waals surface area (Å²) in [5, 5.41) is 0.203. The Bertz CT molecular complexity index is 885. The van der Waals surface area contributed by atoms with Gasteiger partial charge in [-0.15, -0.1) is 13.2 Å². The molecule has 1 aromatic heterocycles. The number of hydrogen-bond acceptors (Lipinski definition) is 3. The molecule has 0 bridgehead atoms. The highest BCUT2D eigenvalue weighted by atomic mass is 35.5. The molecule has 0 atom stereocenters. The maximum atomic E-state index is 12.4. The molecule has 0 N–H and O–H groups in total. The molecule has 3 rings (SSSR count). The van der Waals surface area contributed by atoms with E-state index in [9.17, 15) is 13.2 Å². The van der Waals surface area contributed by atoms with E-state index < -0.39 is 6.36 Å². The van der Waals surface area contributed by atoms with Crippen LogP contribution in [0.1, 0.15) is 5.56 Å². The van der Waals surface area contributed by atoms with Crippen LogP contribution < -0.4 is 9.47 Å². The molecule has 0 saturated carbocycles. The Morgan fingerprint density at radius 3 is 2.42 bits per heavy atom. The predicted octanol–water partition coefficient (Wildman–Crippen LogP) is 5.88. The smallest absolute Gasteiger partial charge is 0.487 e. The number of aromatic nitrogens is 1. The number of halogens is 4. The van der Waals surface area contributed by atoms with Crippen LogP contribution in [0.25, 0.3) is 11.3 Å². The predicted molar refractivity (Wildman–Crippen MR) is 92.1 cm³/mol. The van der Waals surface area contributed by atoms with Crippen molar-refractivity contribution in [2.24, 2.45) is 0 Å². The van der Waals surface area contributed by atoms with Crippen molar-refractivity contribution < 1.29 is 22.6 Å². The fourth-order valence-corrected chi connectivity index (χ4v) is 2.47. The summed E-state index contributed by atoms with van der Waals surface area (Å²) in [6.45, 7) is 0.288. The SMILES string of the molecule is FC(F)(F)Oc1cccc(-c2nc(Cl)ccc2OCc2ccccc2)c1.